The topological polar surface area (TPSA) is 79.1 Å². The van der Waals surface area contributed by atoms with Crippen molar-refractivity contribution in [3.05, 3.63) is 90.6 Å². The first-order chi connectivity index (χ1) is 18.2. The molecule has 0 saturated heterocycles. The number of esters is 1. The Morgan fingerprint density at radius 2 is 1.79 bits per heavy atom. The number of ether oxygens (including phenoxy) is 3. The van der Waals surface area contributed by atoms with Crippen LogP contribution < -0.4 is 24.4 Å². The van der Waals surface area contributed by atoms with Gasteiger partial charge in [-0.25, -0.2) is 9.79 Å². The molecule has 0 saturated carbocycles. The first-order valence-corrected chi connectivity index (χ1v) is 13.8. The van der Waals surface area contributed by atoms with Crippen LogP contribution in [0, 0.1) is 0 Å². The SMILES string of the molecule is CCOC(=O)C1=C(C)N=c2s/c(=C/c3ccc(O[C@H](C)CC)cc3)c(=O)n2[C@H]1c1ccccc1OC(C)C. The molecule has 200 valence electrons. The highest BCUT2D eigenvalue weighted by molar-refractivity contribution is 7.07. The molecule has 2 heterocycles. The average Bonchev–Trinajstić information content (AvgIpc) is 3.18. The van der Waals surface area contributed by atoms with Crippen molar-refractivity contribution in [1.82, 2.24) is 4.57 Å². The fourth-order valence-electron chi connectivity index (χ4n) is 4.26. The minimum atomic E-state index is -0.728. The summed E-state index contributed by atoms with van der Waals surface area (Å²) in [5.74, 6) is 0.897. The van der Waals surface area contributed by atoms with Crippen LogP contribution in [0.25, 0.3) is 6.08 Å². The summed E-state index contributed by atoms with van der Waals surface area (Å²) < 4.78 is 19.5. The van der Waals surface area contributed by atoms with Crippen molar-refractivity contribution in [2.45, 2.75) is 66.2 Å². The van der Waals surface area contributed by atoms with Crippen LogP contribution >= 0.6 is 11.3 Å². The molecule has 2 aromatic carbocycles. The molecule has 0 fully saturated rings. The highest BCUT2D eigenvalue weighted by Gasteiger charge is 2.35. The van der Waals surface area contributed by atoms with E-state index < -0.39 is 12.0 Å². The Balaban J connectivity index is 1.86. The zero-order chi connectivity index (χ0) is 27.4. The van der Waals surface area contributed by atoms with Gasteiger partial charge in [-0.3, -0.25) is 9.36 Å². The van der Waals surface area contributed by atoms with Crippen molar-refractivity contribution in [3.63, 3.8) is 0 Å². The van der Waals surface area contributed by atoms with Crippen molar-refractivity contribution >= 4 is 23.4 Å². The van der Waals surface area contributed by atoms with Crippen molar-refractivity contribution in [3.8, 4) is 11.5 Å². The molecule has 0 radical (unpaired) electrons. The summed E-state index contributed by atoms with van der Waals surface area (Å²) in [6.07, 6.45) is 2.80. The summed E-state index contributed by atoms with van der Waals surface area (Å²) in [7, 11) is 0. The molecule has 1 aliphatic heterocycles. The van der Waals surface area contributed by atoms with Gasteiger partial charge in [-0.1, -0.05) is 48.6 Å². The number of rotatable bonds is 9. The Labute approximate surface area is 226 Å². The number of carbonyl (C=O) groups is 1. The lowest BCUT2D eigenvalue weighted by Gasteiger charge is -2.26. The highest BCUT2D eigenvalue weighted by atomic mass is 32.1. The van der Waals surface area contributed by atoms with E-state index in [0.717, 1.165) is 17.7 Å². The van der Waals surface area contributed by atoms with Gasteiger partial charge in [0.05, 0.1) is 34.6 Å². The Hall–Kier alpha value is -3.65. The van der Waals surface area contributed by atoms with E-state index in [1.165, 1.54) is 11.3 Å². The van der Waals surface area contributed by atoms with Crippen LogP contribution in [0.5, 0.6) is 11.5 Å². The molecular weight excluding hydrogens is 500 g/mol. The molecule has 38 heavy (non-hydrogen) atoms. The average molecular weight is 535 g/mol. The lowest BCUT2D eigenvalue weighted by molar-refractivity contribution is -0.139. The molecule has 0 N–H and O–H groups in total. The molecular formula is C30H34N2O5S. The van der Waals surface area contributed by atoms with Crippen LogP contribution in [-0.2, 0) is 9.53 Å². The van der Waals surface area contributed by atoms with Crippen molar-refractivity contribution < 1.29 is 19.0 Å². The van der Waals surface area contributed by atoms with Gasteiger partial charge in [-0.2, -0.15) is 0 Å². The molecule has 0 bridgehead atoms. The molecule has 1 aliphatic rings. The second-order valence-electron chi connectivity index (χ2n) is 9.41. The maximum Gasteiger partial charge on any atom is 0.338 e. The van der Waals surface area contributed by atoms with Crippen molar-refractivity contribution in [2.24, 2.45) is 4.99 Å². The van der Waals surface area contributed by atoms with E-state index >= 15 is 0 Å². The van der Waals surface area contributed by atoms with Gasteiger partial charge < -0.3 is 14.2 Å². The number of carbonyl (C=O) groups excluding carboxylic acids is 1. The van der Waals surface area contributed by atoms with Crippen LogP contribution in [0.15, 0.2) is 69.6 Å². The monoisotopic (exact) mass is 534 g/mol. The lowest BCUT2D eigenvalue weighted by Crippen LogP contribution is -2.40. The van der Waals surface area contributed by atoms with E-state index in [4.69, 9.17) is 14.2 Å². The normalized spacial score (nSPS) is 16.2. The molecule has 4 rings (SSSR count). The molecule has 7 nitrogen and oxygen atoms in total. The maximum absolute atomic E-state index is 13.9. The number of para-hydroxylation sites is 1. The predicted molar refractivity (Wildman–Crippen MR) is 149 cm³/mol. The largest absolute Gasteiger partial charge is 0.491 e. The van der Waals surface area contributed by atoms with E-state index in [1.807, 2.05) is 75.4 Å². The molecule has 2 atom stereocenters. The number of benzene rings is 2. The smallest absolute Gasteiger partial charge is 0.338 e. The summed E-state index contributed by atoms with van der Waals surface area (Å²) in [4.78, 5) is 32.2. The third kappa shape index (κ3) is 5.75. The Morgan fingerprint density at radius 1 is 1.08 bits per heavy atom. The standard InChI is InChI=1S/C30H34N2O5S/c1-7-19(5)37-22-15-13-21(14-16-22)17-25-28(33)32-27(23-11-9-10-12-24(23)36-18(3)4)26(29(34)35-8-2)20(6)31-30(32)38-25/h9-19,27H,7-8H2,1-6H3/b25-17+/t19-,27+/m1/s1. The zero-order valence-electron chi connectivity index (χ0n) is 22.7. The van der Waals surface area contributed by atoms with Gasteiger partial charge in [0.1, 0.15) is 17.5 Å². The molecule has 3 aromatic rings. The molecule has 1 aromatic heterocycles. The van der Waals surface area contributed by atoms with Crippen LogP contribution in [0.4, 0.5) is 0 Å². The van der Waals surface area contributed by atoms with E-state index in [2.05, 4.69) is 11.9 Å². The fraction of sp³-hybridized carbons (Fsp3) is 0.367. The summed E-state index contributed by atoms with van der Waals surface area (Å²) in [5, 5.41) is 0. The number of aromatic nitrogens is 1. The minimum Gasteiger partial charge on any atom is -0.491 e. The molecule has 0 aliphatic carbocycles. The Kier molecular flexibility index (Phi) is 8.52. The van der Waals surface area contributed by atoms with Gasteiger partial charge in [-0.15, -0.1) is 0 Å². The van der Waals surface area contributed by atoms with Gasteiger partial charge in [0.25, 0.3) is 5.56 Å². The van der Waals surface area contributed by atoms with E-state index in [1.54, 1.807) is 18.4 Å². The number of allylic oxidation sites excluding steroid dienone is 1. The van der Waals surface area contributed by atoms with Gasteiger partial charge in [0.15, 0.2) is 4.80 Å². The quantitative estimate of drug-likeness (QED) is 0.370. The second-order valence-corrected chi connectivity index (χ2v) is 10.4. The first kappa shape index (κ1) is 27.4. The van der Waals surface area contributed by atoms with Crippen LogP contribution in [-0.4, -0.2) is 29.4 Å². The number of fused-ring (bicyclic) bond motifs is 1. The van der Waals surface area contributed by atoms with Gasteiger partial charge in [-0.05, 0) is 70.9 Å². The first-order valence-electron chi connectivity index (χ1n) is 12.9. The summed E-state index contributed by atoms with van der Waals surface area (Å²) in [5.41, 5.74) is 2.20. The Bertz CT molecular complexity index is 1520. The fourth-order valence-corrected chi connectivity index (χ4v) is 5.31. The molecule has 8 heteroatoms. The van der Waals surface area contributed by atoms with Crippen LogP contribution in [0.2, 0.25) is 0 Å². The Morgan fingerprint density at radius 3 is 2.45 bits per heavy atom. The predicted octanol–water partition coefficient (Wildman–Crippen LogP) is 4.76. The van der Waals surface area contributed by atoms with E-state index in [-0.39, 0.29) is 24.4 Å². The number of hydrogen-bond acceptors (Lipinski definition) is 7. The van der Waals surface area contributed by atoms with Crippen LogP contribution in [0.3, 0.4) is 0 Å². The number of nitrogens with zero attached hydrogens (tertiary/aromatic N) is 2. The molecule has 0 amide bonds. The summed E-state index contributed by atoms with van der Waals surface area (Å²) in [6.45, 7) is 11.7. The zero-order valence-corrected chi connectivity index (χ0v) is 23.5. The minimum absolute atomic E-state index is 0.0876. The van der Waals surface area contributed by atoms with E-state index in [9.17, 15) is 9.59 Å². The molecule has 0 spiro atoms. The third-order valence-corrected chi connectivity index (χ3v) is 7.17. The highest BCUT2D eigenvalue weighted by Crippen LogP contribution is 2.36. The van der Waals surface area contributed by atoms with Crippen LogP contribution in [0.1, 0.15) is 65.1 Å². The van der Waals surface area contributed by atoms with Crippen molar-refractivity contribution in [1.29, 1.82) is 0 Å². The third-order valence-electron chi connectivity index (χ3n) is 6.18. The summed E-state index contributed by atoms with van der Waals surface area (Å²) >= 11 is 1.29. The number of thiazole rings is 1. The maximum atomic E-state index is 13.9. The van der Waals surface area contributed by atoms with E-state index in [0.29, 0.717) is 31.9 Å². The summed E-state index contributed by atoms with van der Waals surface area (Å²) in [6, 6.07) is 14.4. The second kappa shape index (κ2) is 11.8. The lowest BCUT2D eigenvalue weighted by atomic mass is 9.95. The van der Waals surface area contributed by atoms with Crippen molar-refractivity contribution in [2.75, 3.05) is 6.61 Å². The van der Waals surface area contributed by atoms with Gasteiger partial charge >= 0.3 is 5.97 Å². The number of hydrogen-bond donors (Lipinski definition) is 0. The molecule has 0 unspecified atom stereocenters. The van der Waals surface area contributed by atoms with Gasteiger partial charge in [0, 0.05) is 5.56 Å². The van der Waals surface area contributed by atoms with Gasteiger partial charge in [0.2, 0.25) is 0 Å².